The van der Waals surface area contributed by atoms with Gasteiger partial charge in [0.15, 0.2) is 5.69 Å². The predicted molar refractivity (Wildman–Crippen MR) is 142 cm³/mol. The molecule has 0 unspecified atom stereocenters. The molecule has 0 atom stereocenters. The van der Waals surface area contributed by atoms with E-state index in [4.69, 9.17) is 27.2 Å². The van der Waals surface area contributed by atoms with Crippen LogP contribution < -0.4 is 10.5 Å². The van der Waals surface area contributed by atoms with E-state index in [1.807, 2.05) is 34.1 Å². The van der Waals surface area contributed by atoms with Crippen molar-refractivity contribution in [2.75, 3.05) is 45.8 Å². The van der Waals surface area contributed by atoms with Gasteiger partial charge < -0.3 is 20.3 Å². The molecule has 5 rings (SSSR count). The number of amides is 3. The van der Waals surface area contributed by atoms with E-state index in [2.05, 4.69) is 0 Å². The van der Waals surface area contributed by atoms with E-state index in [-0.39, 0.29) is 36.9 Å². The summed E-state index contributed by atoms with van der Waals surface area (Å²) in [6.45, 7) is 3.82. The van der Waals surface area contributed by atoms with E-state index in [1.165, 1.54) is 0 Å². The smallest absolute Gasteiger partial charge is 0.274 e. The molecule has 2 saturated heterocycles. The van der Waals surface area contributed by atoms with Gasteiger partial charge in [0, 0.05) is 63.4 Å². The SMILES string of the molecule is NC(=O)CN1CCN(C(=O)c2nn(CC(=O)N3CCC(Oc4ccccc4Cl)CC3)c3c2CCCC3)CC1. The Morgan fingerprint density at radius 2 is 1.66 bits per heavy atom. The Hall–Kier alpha value is -3.11. The van der Waals surface area contributed by atoms with Crippen LogP contribution in [0.1, 0.15) is 47.4 Å². The lowest BCUT2D eigenvalue weighted by atomic mass is 9.95. The van der Waals surface area contributed by atoms with Crippen LogP contribution in [-0.2, 0) is 29.0 Å². The largest absolute Gasteiger partial charge is 0.489 e. The lowest BCUT2D eigenvalue weighted by Crippen LogP contribution is -2.50. The number of ether oxygens (including phenoxy) is 1. The molecule has 2 fully saturated rings. The van der Waals surface area contributed by atoms with Crippen LogP contribution in [0.5, 0.6) is 5.75 Å². The number of piperazine rings is 1. The molecule has 2 aromatic rings. The number of hydrogen-bond acceptors (Lipinski definition) is 6. The number of nitrogens with zero attached hydrogens (tertiary/aromatic N) is 5. The molecule has 0 saturated carbocycles. The molecule has 11 heteroatoms. The summed E-state index contributed by atoms with van der Waals surface area (Å²) in [7, 11) is 0. The summed E-state index contributed by atoms with van der Waals surface area (Å²) in [6.07, 6.45) is 5.15. The summed E-state index contributed by atoms with van der Waals surface area (Å²) in [5.74, 6) is 0.231. The normalized spacial score (nSPS) is 18.8. The number of primary amides is 1. The quantitative estimate of drug-likeness (QED) is 0.570. The van der Waals surface area contributed by atoms with Crippen LogP contribution in [-0.4, -0.2) is 94.1 Å². The van der Waals surface area contributed by atoms with E-state index >= 15 is 0 Å². The maximum absolute atomic E-state index is 13.4. The molecule has 0 spiro atoms. The van der Waals surface area contributed by atoms with Crippen molar-refractivity contribution < 1.29 is 19.1 Å². The Morgan fingerprint density at radius 1 is 0.947 bits per heavy atom. The lowest BCUT2D eigenvalue weighted by Gasteiger charge is -2.33. The molecule has 0 bridgehead atoms. The minimum atomic E-state index is -0.361. The molecule has 204 valence electrons. The van der Waals surface area contributed by atoms with Crippen molar-refractivity contribution >= 4 is 29.3 Å². The fraction of sp³-hybridized carbons (Fsp3) is 0.556. The summed E-state index contributed by atoms with van der Waals surface area (Å²) in [6, 6.07) is 7.44. The number of likely N-dealkylation sites (tertiary alicyclic amines) is 1. The third kappa shape index (κ3) is 5.96. The number of para-hydroxylation sites is 1. The van der Waals surface area contributed by atoms with Gasteiger partial charge in [-0.3, -0.25) is 24.0 Å². The topological polar surface area (TPSA) is 114 Å². The number of fused-ring (bicyclic) bond motifs is 1. The number of halogens is 1. The van der Waals surface area contributed by atoms with Gasteiger partial charge >= 0.3 is 0 Å². The molecular weight excluding hydrogens is 508 g/mol. The summed E-state index contributed by atoms with van der Waals surface area (Å²) in [4.78, 5) is 43.5. The second-order valence-electron chi connectivity index (χ2n) is 10.3. The Balaban J connectivity index is 1.20. The summed E-state index contributed by atoms with van der Waals surface area (Å²) < 4.78 is 7.83. The average molecular weight is 543 g/mol. The zero-order valence-corrected chi connectivity index (χ0v) is 22.4. The van der Waals surface area contributed by atoms with Crippen molar-refractivity contribution in [2.24, 2.45) is 5.73 Å². The van der Waals surface area contributed by atoms with Gasteiger partial charge in [0.05, 0.1) is 11.6 Å². The van der Waals surface area contributed by atoms with Crippen LogP contribution in [0.25, 0.3) is 0 Å². The number of aromatic nitrogens is 2. The minimum Gasteiger partial charge on any atom is -0.489 e. The van der Waals surface area contributed by atoms with Crippen LogP contribution >= 0.6 is 11.6 Å². The fourth-order valence-corrected chi connectivity index (χ4v) is 5.80. The van der Waals surface area contributed by atoms with Crippen molar-refractivity contribution in [3.05, 3.63) is 46.2 Å². The molecule has 2 N–H and O–H groups in total. The number of nitrogens with two attached hydrogens (primary N) is 1. The van der Waals surface area contributed by atoms with Crippen LogP contribution in [0, 0.1) is 0 Å². The van der Waals surface area contributed by atoms with Crippen molar-refractivity contribution in [1.82, 2.24) is 24.5 Å². The number of hydrogen-bond donors (Lipinski definition) is 1. The van der Waals surface area contributed by atoms with E-state index in [0.29, 0.717) is 55.7 Å². The highest BCUT2D eigenvalue weighted by molar-refractivity contribution is 6.32. The zero-order valence-electron chi connectivity index (χ0n) is 21.6. The highest BCUT2D eigenvalue weighted by atomic mass is 35.5. The summed E-state index contributed by atoms with van der Waals surface area (Å²) >= 11 is 6.22. The van der Waals surface area contributed by atoms with Gasteiger partial charge in [-0.15, -0.1) is 0 Å². The van der Waals surface area contributed by atoms with Crippen molar-refractivity contribution in [3.63, 3.8) is 0 Å². The van der Waals surface area contributed by atoms with Crippen molar-refractivity contribution in [2.45, 2.75) is 51.2 Å². The molecule has 0 radical (unpaired) electrons. The summed E-state index contributed by atoms with van der Waals surface area (Å²) in [5, 5.41) is 5.29. The molecule has 10 nitrogen and oxygen atoms in total. The van der Waals surface area contributed by atoms with Crippen molar-refractivity contribution in [1.29, 1.82) is 0 Å². The van der Waals surface area contributed by atoms with Gasteiger partial charge in [0.2, 0.25) is 11.8 Å². The van der Waals surface area contributed by atoms with Gasteiger partial charge in [-0.25, -0.2) is 0 Å². The first-order chi connectivity index (χ1) is 18.4. The van der Waals surface area contributed by atoms with Gasteiger partial charge in [-0.1, -0.05) is 23.7 Å². The van der Waals surface area contributed by atoms with Crippen molar-refractivity contribution in [3.8, 4) is 5.75 Å². The Morgan fingerprint density at radius 3 is 2.37 bits per heavy atom. The highest BCUT2D eigenvalue weighted by Crippen LogP contribution is 2.28. The van der Waals surface area contributed by atoms with E-state index in [1.54, 1.807) is 9.58 Å². The molecule has 1 aromatic heterocycles. The molecule has 3 heterocycles. The van der Waals surface area contributed by atoms with Gasteiger partial charge in [-0.2, -0.15) is 5.10 Å². The summed E-state index contributed by atoms with van der Waals surface area (Å²) in [5.41, 5.74) is 7.78. The zero-order chi connectivity index (χ0) is 26.6. The van der Waals surface area contributed by atoms with Crippen LogP contribution in [0.4, 0.5) is 0 Å². The first-order valence-electron chi connectivity index (χ1n) is 13.5. The second-order valence-corrected chi connectivity index (χ2v) is 10.7. The number of piperidine rings is 1. The molecule has 1 aliphatic carbocycles. The number of carbonyl (C=O) groups excluding carboxylic acids is 3. The fourth-order valence-electron chi connectivity index (χ4n) is 5.62. The molecular formula is C27H35ClN6O4. The number of rotatable bonds is 7. The van der Waals surface area contributed by atoms with E-state index < -0.39 is 0 Å². The lowest BCUT2D eigenvalue weighted by molar-refractivity contribution is -0.133. The molecule has 2 aliphatic heterocycles. The maximum atomic E-state index is 13.4. The standard InChI is InChI=1S/C27H35ClN6O4/c28-21-6-2-4-8-23(21)38-19-9-11-32(12-10-19)25(36)18-34-22-7-3-1-5-20(22)26(30-34)27(37)33-15-13-31(14-16-33)17-24(29)35/h2,4,6,8,19H,1,3,5,7,9-18H2,(H2,29,35). The van der Waals surface area contributed by atoms with Crippen LogP contribution in [0.2, 0.25) is 5.02 Å². The third-order valence-electron chi connectivity index (χ3n) is 7.71. The van der Waals surface area contributed by atoms with Gasteiger partial charge in [0.1, 0.15) is 18.4 Å². The van der Waals surface area contributed by atoms with E-state index in [0.717, 1.165) is 49.8 Å². The highest BCUT2D eigenvalue weighted by Gasteiger charge is 2.31. The Kier molecular flexibility index (Phi) is 8.18. The third-order valence-corrected chi connectivity index (χ3v) is 8.02. The molecule has 38 heavy (non-hydrogen) atoms. The number of benzene rings is 1. The first-order valence-corrected chi connectivity index (χ1v) is 13.8. The van der Waals surface area contributed by atoms with Gasteiger partial charge in [0.25, 0.3) is 5.91 Å². The molecule has 3 amide bonds. The second kappa shape index (κ2) is 11.7. The van der Waals surface area contributed by atoms with E-state index in [9.17, 15) is 14.4 Å². The minimum absolute atomic E-state index is 0.0103. The Bertz CT molecular complexity index is 1180. The molecule has 1 aromatic carbocycles. The Labute approximate surface area is 227 Å². The predicted octanol–water partition coefficient (Wildman–Crippen LogP) is 1.73. The molecule has 3 aliphatic rings. The van der Waals surface area contributed by atoms with Crippen LogP contribution in [0.3, 0.4) is 0 Å². The average Bonchev–Trinajstić information content (AvgIpc) is 3.28. The van der Waals surface area contributed by atoms with Crippen LogP contribution in [0.15, 0.2) is 24.3 Å². The maximum Gasteiger partial charge on any atom is 0.274 e. The number of carbonyl (C=O) groups is 3. The first kappa shape index (κ1) is 26.5. The van der Waals surface area contributed by atoms with Gasteiger partial charge in [-0.05, 0) is 37.8 Å². The monoisotopic (exact) mass is 542 g/mol.